The lowest BCUT2D eigenvalue weighted by Crippen LogP contribution is -2.10. The zero-order chi connectivity index (χ0) is 19.6. The van der Waals surface area contributed by atoms with Crippen molar-refractivity contribution in [2.75, 3.05) is 14.2 Å². The van der Waals surface area contributed by atoms with E-state index in [1.807, 2.05) is 0 Å². The van der Waals surface area contributed by atoms with Crippen molar-refractivity contribution in [2.45, 2.75) is 0 Å². The van der Waals surface area contributed by atoms with Crippen LogP contribution in [0.2, 0.25) is 0 Å². The van der Waals surface area contributed by atoms with Crippen molar-refractivity contribution in [1.29, 1.82) is 0 Å². The Morgan fingerprint density at radius 3 is 1.96 bits per heavy atom. The largest absolute Gasteiger partial charge is 0.493 e. The van der Waals surface area contributed by atoms with Gasteiger partial charge in [0.05, 0.1) is 37.1 Å². The van der Waals surface area contributed by atoms with Gasteiger partial charge in [-0.2, -0.15) is 8.75 Å². The van der Waals surface area contributed by atoms with Crippen molar-refractivity contribution in [1.82, 2.24) is 8.75 Å². The summed E-state index contributed by atoms with van der Waals surface area (Å²) in [6, 6.07) is 9.03. The lowest BCUT2D eigenvalue weighted by molar-refractivity contribution is -0.132. The summed E-state index contributed by atoms with van der Waals surface area (Å²) in [4.78, 5) is 23.9. The third kappa shape index (κ3) is 3.44. The Kier molecular flexibility index (Phi) is 5.04. The maximum atomic E-state index is 12.0. The van der Waals surface area contributed by atoms with Crippen LogP contribution in [0.4, 0.5) is 0 Å². The number of rotatable bonds is 6. The van der Waals surface area contributed by atoms with E-state index in [1.54, 1.807) is 6.07 Å². The molecule has 0 aliphatic carbocycles. The normalized spacial score (nSPS) is 11.8. The van der Waals surface area contributed by atoms with Crippen molar-refractivity contribution in [3.63, 3.8) is 0 Å². The number of hydrogen-bond acceptors (Lipinski definition) is 7. The molecule has 0 fully saturated rings. The van der Waals surface area contributed by atoms with Gasteiger partial charge in [0.15, 0.2) is 11.5 Å². The predicted octanol–water partition coefficient (Wildman–Crippen LogP) is 2.79. The fraction of sp³-hybridized carbons (Fsp3) is 0.111. The van der Waals surface area contributed by atoms with Gasteiger partial charge in [-0.15, -0.1) is 0 Å². The van der Waals surface area contributed by atoms with Gasteiger partial charge in [-0.1, -0.05) is 12.1 Å². The number of hydrogen-bond donors (Lipinski definition) is 2. The Labute approximate surface area is 157 Å². The fourth-order valence-electron chi connectivity index (χ4n) is 2.68. The van der Waals surface area contributed by atoms with E-state index in [9.17, 15) is 19.8 Å². The molecule has 3 rings (SSSR count). The van der Waals surface area contributed by atoms with Gasteiger partial charge >= 0.3 is 11.9 Å². The average Bonchev–Trinajstić information content (AvgIpc) is 3.12. The first-order chi connectivity index (χ1) is 13.0. The van der Waals surface area contributed by atoms with E-state index < -0.39 is 11.9 Å². The number of carboxylic acid groups (broad SMARTS) is 2. The Morgan fingerprint density at radius 1 is 0.815 bits per heavy atom. The highest BCUT2D eigenvalue weighted by Gasteiger charge is 2.25. The minimum Gasteiger partial charge on any atom is -0.493 e. The number of ether oxygens (including phenoxy) is 2. The molecular formula is C18H14N2O6S. The molecule has 0 aliphatic heterocycles. The summed E-state index contributed by atoms with van der Waals surface area (Å²) in [7, 11) is 2.86. The minimum atomic E-state index is -1.38. The lowest BCUT2D eigenvalue weighted by Gasteiger charge is -2.13. The molecule has 8 nitrogen and oxygen atoms in total. The molecule has 0 bridgehead atoms. The molecule has 0 unspecified atom stereocenters. The van der Waals surface area contributed by atoms with Gasteiger partial charge in [-0.3, -0.25) is 0 Å². The van der Waals surface area contributed by atoms with Crippen LogP contribution < -0.4 is 9.47 Å². The van der Waals surface area contributed by atoms with Gasteiger partial charge in [-0.25, -0.2) is 9.59 Å². The molecular weight excluding hydrogens is 372 g/mol. The molecule has 0 spiro atoms. The summed E-state index contributed by atoms with van der Waals surface area (Å²) < 4.78 is 18.5. The van der Waals surface area contributed by atoms with Gasteiger partial charge in [-0.05, 0) is 35.4 Å². The first-order valence-corrected chi connectivity index (χ1v) is 8.35. The van der Waals surface area contributed by atoms with Crippen LogP contribution >= 0.6 is 11.7 Å². The van der Waals surface area contributed by atoms with Crippen molar-refractivity contribution in [3.05, 3.63) is 47.5 Å². The van der Waals surface area contributed by atoms with Crippen molar-refractivity contribution >= 4 is 45.8 Å². The van der Waals surface area contributed by atoms with Crippen LogP contribution in [-0.4, -0.2) is 45.1 Å². The van der Waals surface area contributed by atoms with Crippen LogP contribution in [0.3, 0.4) is 0 Å². The van der Waals surface area contributed by atoms with Crippen LogP contribution in [0.15, 0.2) is 36.4 Å². The molecule has 138 valence electrons. The van der Waals surface area contributed by atoms with Crippen LogP contribution in [-0.2, 0) is 9.59 Å². The minimum absolute atomic E-state index is 0.175. The third-order valence-corrected chi connectivity index (χ3v) is 4.45. The number of methoxy groups -OCH3 is 2. The molecule has 0 amide bonds. The van der Waals surface area contributed by atoms with E-state index in [2.05, 4.69) is 8.75 Å². The van der Waals surface area contributed by atoms with E-state index >= 15 is 0 Å². The summed E-state index contributed by atoms with van der Waals surface area (Å²) in [5.74, 6) is -2.06. The van der Waals surface area contributed by atoms with Crippen LogP contribution in [0.5, 0.6) is 11.5 Å². The average molecular weight is 386 g/mol. The quantitative estimate of drug-likeness (QED) is 0.490. The third-order valence-electron chi connectivity index (χ3n) is 3.89. The van der Waals surface area contributed by atoms with E-state index in [0.29, 0.717) is 16.8 Å². The van der Waals surface area contributed by atoms with E-state index in [1.165, 1.54) is 44.6 Å². The molecule has 2 N–H and O–H groups in total. The second kappa shape index (κ2) is 7.42. The fourth-order valence-corrected chi connectivity index (χ4v) is 3.20. The predicted molar refractivity (Wildman–Crippen MR) is 99.0 cm³/mol. The van der Waals surface area contributed by atoms with E-state index in [0.717, 1.165) is 11.7 Å². The van der Waals surface area contributed by atoms with Crippen LogP contribution in [0.1, 0.15) is 11.1 Å². The zero-order valence-electron chi connectivity index (χ0n) is 14.3. The van der Waals surface area contributed by atoms with Gasteiger partial charge in [0.2, 0.25) is 0 Å². The summed E-state index contributed by atoms with van der Waals surface area (Å²) in [6.07, 6.45) is 0. The van der Waals surface area contributed by atoms with Gasteiger partial charge in [0.1, 0.15) is 11.0 Å². The second-order valence-electron chi connectivity index (χ2n) is 5.40. The van der Waals surface area contributed by atoms with Crippen LogP contribution in [0.25, 0.3) is 22.2 Å². The monoisotopic (exact) mass is 386 g/mol. The molecule has 9 heteroatoms. The molecule has 0 aliphatic rings. The van der Waals surface area contributed by atoms with E-state index in [4.69, 9.17) is 9.47 Å². The molecule has 0 atom stereocenters. The Balaban J connectivity index is 2.28. The number of aliphatic carboxylic acids is 2. The van der Waals surface area contributed by atoms with E-state index in [-0.39, 0.29) is 28.0 Å². The Morgan fingerprint density at radius 2 is 1.37 bits per heavy atom. The lowest BCUT2D eigenvalue weighted by atomic mass is 9.94. The molecule has 0 saturated carbocycles. The number of carbonyl (C=O) groups is 2. The molecule has 1 heterocycles. The van der Waals surface area contributed by atoms with Crippen molar-refractivity contribution < 1.29 is 29.3 Å². The number of carboxylic acids is 2. The maximum Gasteiger partial charge on any atom is 0.337 e. The number of nitrogens with zero attached hydrogens (tertiary/aromatic N) is 2. The van der Waals surface area contributed by atoms with Crippen molar-refractivity contribution in [2.24, 2.45) is 0 Å². The summed E-state index contributed by atoms with van der Waals surface area (Å²) in [5, 5.41) is 19.5. The first-order valence-electron chi connectivity index (χ1n) is 7.62. The van der Waals surface area contributed by atoms with Crippen LogP contribution in [0, 0.1) is 0 Å². The molecule has 0 saturated heterocycles. The SMILES string of the molecule is COc1ccc(/C(C(=O)O)=C(/C(=O)O)c2ccc3nsnc3c2)cc1OC. The standard InChI is InChI=1S/C18H14N2O6S/c1-25-13-6-4-10(8-14(13)26-2)16(18(23)24)15(17(21)22)9-3-5-11-12(7-9)20-27-19-11/h3-8H,1-2H3,(H,21,22)(H,23,24)/b16-15-. The van der Waals surface area contributed by atoms with Gasteiger partial charge in [0.25, 0.3) is 0 Å². The number of fused-ring (bicyclic) bond motifs is 1. The second-order valence-corrected chi connectivity index (χ2v) is 5.93. The molecule has 1 aromatic heterocycles. The smallest absolute Gasteiger partial charge is 0.337 e. The Hall–Kier alpha value is -3.46. The maximum absolute atomic E-state index is 12.0. The van der Waals surface area contributed by atoms with Gasteiger partial charge < -0.3 is 19.7 Å². The molecule has 3 aromatic rings. The summed E-state index contributed by atoms with van der Waals surface area (Å²) in [6.45, 7) is 0. The zero-order valence-corrected chi connectivity index (χ0v) is 15.1. The Bertz CT molecular complexity index is 1070. The highest BCUT2D eigenvalue weighted by Crippen LogP contribution is 2.34. The topological polar surface area (TPSA) is 119 Å². The number of aromatic nitrogens is 2. The highest BCUT2D eigenvalue weighted by atomic mass is 32.1. The molecule has 27 heavy (non-hydrogen) atoms. The highest BCUT2D eigenvalue weighted by molar-refractivity contribution is 7.00. The number of benzene rings is 2. The van der Waals surface area contributed by atoms with Crippen molar-refractivity contribution in [3.8, 4) is 11.5 Å². The molecule has 2 aromatic carbocycles. The summed E-state index contributed by atoms with van der Waals surface area (Å²) >= 11 is 0.992. The van der Waals surface area contributed by atoms with Gasteiger partial charge in [0, 0.05) is 0 Å². The first kappa shape index (κ1) is 18.3. The summed E-state index contributed by atoms with van der Waals surface area (Å²) in [5.41, 5.74) is 0.768. The molecule has 0 radical (unpaired) electrons.